The molecule has 3 unspecified atom stereocenters. The number of imidazole rings is 1. The number of aromatic amines is 1. The molecule has 2 aromatic carbocycles. The van der Waals surface area contributed by atoms with Crippen LogP contribution in [-0.2, 0) is 31.0 Å². The fourth-order valence-corrected chi connectivity index (χ4v) is 8.76. The molecule has 6 aromatic rings. The fraction of sp³-hybridized carbons (Fsp3) is 0.444. The number of ether oxygens (including phenoxy) is 4. The van der Waals surface area contributed by atoms with E-state index in [-0.39, 0.29) is 12.4 Å². The van der Waals surface area contributed by atoms with Crippen molar-refractivity contribution in [2.75, 3.05) is 39.6 Å². The second kappa shape index (κ2) is 15.5. The Morgan fingerprint density at radius 2 is 1.53 bits per heavy atom. The minimum absolute atomic E-state index is 0.0552. The predicted molar refractivity (Wildman–Crippen MR) is 218 cm³/mol. The highest BCUT2D eigenvalue weighted by Crippen LogP contribution is 2.45. The molecule has 15 heteroatoms. The van der Waals surface area contributed by atoms with Gasteiger partial charge in [0.15, 0.2) is 11.4 Å². The van der Waals surface area contributed by atoms with E-state index in [2.05, 4.69) is 31.6 Å². The smallest absolute Gasteiger partial charge is 0.196 e. The summed E-state index contributed by atoms with van der Waals surface area (Å²) in [6, 6.07) is 11.6. The Hall–Kier alpha value is -5.45. The van der Waals surface area contributed by atoms with Crippen LogP contribution in [-0.4, -0.2) is 98.9 Å². The van der Waals surface area contributed by atoms with Crippen molar-refractivity contribution >= 4 is 28.2 Å². The van der Waals surface area contributed by atoms with Gasteiger partial charge in [0, 0.05) is 46.5 Å². The first-order valence-electron chi connectivity index (χ1n) is 20.8. The van der Waals surface area contributed by atoms with E-state index in [1.165, 1.54) is 18.6 Å². The van der Waals surface area contributed by atoms with Crippen molar-refractivity contribution in [1.29, 1.82) is 0 Å². The number of hydrogen-bond acceptors (Lipinski definition) is 14. The molecule has 310 valence electrons. The topological polar surface area (TPSA) is 193 Å². The van der Waals surface area contributed by atoms with Crippen LogP contribution in [0.1, 0.15) is 87.5 Å². The van der Waals surface area contributed by atoms with E-state index < -0.39 is 17.8 Å². The van der Waals surface area contributed by atoms with Gasteiger partial charge >= 0.3 is 0 Å². The normalized spacial score (nSPS) is 21.2. The van der Waals surface area contributed by atoms with Gasteiger partial charge in [0.25, 0.3) is 0 Å². The van der Waals surface area contributed by atoms with E-state index in [0.717, 1.165) is 81.3 Å². The molecule has 3 atom stereocenters. The Kier molecular flexibility index (Phi) is 10.0. The highest BCUT2D eigenvalue weighted by atomic mass is 16.6. The Morgan fingerprint density at radius 3 is 2.13 bits per heavy atom. The molecule has 0 radical (unpaired) electrons. The van der Waals surface area contributed by atoms with E-state index in [1.807, 2.05) is 45.9 Å². The Labute approximate surface area is 345 Å². The third-order valence-corrected chi connectivity index (χ3v) is 12.1. The SMILES string of the molecule is Cc1noc(C)c1-c1cc(C(O)(c2cccnn2)C2COCCO2)c2nc(C3CC3)[nH]c2c1.Cc1noc(C)c1-c1cc2c(c(C(=O)C3COCCO3)c1)N=C(C1CC1)C2. The summed E-state index contributed by atoms with van der Waals surface area (Å²) in [4.78, 5) is 26.5. The van der Waals surface area contributed by atoms with Crippen LogP contribution in [0.15, 0.2) is 56.6 Å². The van der Waals surface area contributed by atoms with Crippen molar-refractivity contribution in [3.8, 4) is 22.3 Å². The molecule has 2 aliphatic carbocycles. The minimum atomic E-state index is -1.63. The third-order valence-electron chi connectivity index (χ3n) is 12.1. The molecule has 0 bridgehead atoms. The van der Waals surface area contributed by atoms with Gasteiger partial charge in [0.1, 0.15) is 35.2 Å². The third kappa shape index (κ3) is 7.07. The second-order valence-corrected chi connectivity index (χ2v) is 16.4. The van der Waals surface area contributed by atoms with Crippen LogP contribution >= 0.6 is 0 Å². The number of Topliss-reactive ketones (excluding diaryl/α,β-unsaturated/α-hetero) is 1. The highest BCUT2D eigenvalue weighted by Gasteiger charge is 2.46. The summed E-state index contributed by atoms with van der Waals surface area (Å²) in [6.07, 6.45) is 5.78. The molecule has 2 saturated carbocycles. The van der Waals surface area contributed by atoms with Gasteiger partial charge in [-0.15, -0.1) is 0 Å². The zero-order valence-corrected chi connectivity index (χ0v) is 34.1. The lowest BCUT2D eigenvalue weighted by molar-refractivity contribution is -0.165. The largest absolute Gasteiger partial charge is 0.376 e. The zero-order chi connectivity index (χ0) is 41.1. The van der Waals surface area contributed by atoms with Crippen LogP contribution in [0.4, 0.5) is 5.69 Å². The van der Waals surface area contributed by atoms with Crippen molar-refractivity contribution in [2.24, 2.45) is 10.9 Å². The van der Waals surface area contributed by atoms with Crippen molar-refractivity contribution in [1.82, 2.24) is 30.5 Å². The number of H-pyrrole nitrogens is 1. The minimum Gasteiger partial charge on any atom is -0.376 e. The number of fused-ring (bicyclic) bond motifs is 2. The highest BCUT2D eigenvalue weighted by molar-refractivity contribution is 6.09. The number of hydrogen-bond donors (Lipinski definition) is 2. The number of aliphatic imine (C=N–C) groups is 1. The quantitative estimate of drug-likeness (QED) is 0.146. The number of benzene rings is 2. The van der Waals surface area contributed by atoms with E-state index >= 15 is 0 Å². The molecule has 11 rings (SSSR count). The number of aliphatic hydroxyl groups is 1. The zero-order valence-electron chi connectivity index (χ0n) is 34.1. The van der Waals surface area contributed by atoms with Gasteiger partial charge in [-0.3, -0.25) is 9.79 Å². The van der Waals surface area contributed by atoms with Gasteiger partial charge in [-0.05, 0) is 112 Å². The molecule has 4 fully saturated rings. The average molecular weight is 814 g/mol. The van der Waals surface area contributed by atoms with Gasteiger partial charge in [0.2, 0.25) is 0 Å². The molecule has 7 heterocycles. The van der Waals surface area contributed by atoms with Crippen LogP contribution in [0.3, 0.4) is 0 Å². The van der Waals surface area contributed by atoms with Gasteiger partial charge in [0.05, 0.1) is 67.7 Å². The molecule has 3 aliphatic heterocycles. The number of ketones is 1. The number of carbonyl (C=O) groups is 1. The lowest BCUT2D eigenvalue weighted by Gasteiger charge is -2.37. The second-order valence-electron chi connectivity index (χ2n) is 16.4. The van der Waals surface area contributed by atoms with Crippen LogP contribution in [0.5, 0.6) is 0 Å². The van der Waals surface area contributed by atoms with E-state index in [0.29, 0.717) is 73.0 Å². The van der Waals surface area contributed by atoms with E-state index in [9.17, 15) is 9.90 Å². The Balaban J connectivity index is 0.000000147. The predicted octanol–water partition coefficient (Wildman–Crippen LogP) is 6.75. The average Bonchev–Trinajstić information content (AvgIpc) is 4.17. The van der Waals surface area contributed by atoms with Crippen molar-refractivity contribution < 1.29 is 37.9 Å². The molecular weight excluding hydrogens is 767 g/mol. The first kappa shape index (κ1) is 38.7. The molecule has 0 amide bonds. The Bertz CT molecular complexity index is 2570. The lowest BCUT2D eigenvalue weighted by Crippen LogP contribution is -2.48. The van der Waals surface area contributed by atoms with Gasteiger partial charge in [-0.25, -0.2) is 4.98 Å². The van der Waals surface area contributed by atoms with E-state index in [1.54, 1.807) is 18.3 Å². The molecule has 4 aromatic heterocycles. The molecule has 5 aliphatic rings. The molecular formula is C45H47N7O8. The maximum absolute atomic E-state index is 13.2. The monoisotopic (exact) mass is 813 g/mol. The summed E-state index contributed by atoms with van der Waals surface area (Å²) in [6.45, 7) is 9.97. The number of rotatable bonds is 9. The van der Waals surface area contributed by atoms with E-state index in [4.69, 9.17) is 38.0 Å². The summed E-state index contributed by atoms with van der Waals surface area (Å²) in [5.74, 6) is 3.35. The number of nitrogens with zero attached hydrogens (tertiary/aromatic N) is 6. The summed E-state index contributed by atoms with van der Waals surface area (Å²) in [5.41, 5.74) is 9.89. The van der Waals surface area contributed by atoms with Gasteiger partial charge < -0.3 is 38.1 Å². The molecule has 60 heavy (non-hydrogen) atoms. The Morgan fingerprint density at radius 1 is 0.833 bits per heavy atom. The number of aromatic nitrogens is 6. The van der Waals surface area contributed by atoms with Crippen molar-refractivity contribution in [3.05, 3.63) is 93.7 Å². The standard InChI is InChI=1S/C24H25N5O4.C21H22N2O4/c1-13-21(14(2)33-29-13)16-10-17(22-18(11-16)26-23(27-22)15-5-6-15)24(30,19-4-3-7-25-28-19)20-12-31-8-9-32-20;1-11-19(12(2)27-23-11)14-7-15-9-17(13-3-4-13)22-20(15)16(8-14)21(24)18-10-25-5-6-26-18/h3-4,7,10-11,15,20,30H,5-6,8-9,12H2,1-2H3,(H,26,27);7-8,13,18H,3-6,9-10H2,1-2H3. The first-order chi connectivity index (χ1) is 29.2. The summed E-state index contributed by atoms with van der Waals surface area (Å²) < 4.78 is 33.6. The number of aryl methyl sites for hydroxylation is 4. The molecule has 0 spiro atoms. The lowest BCUT2D eigenvalue weighted by atomic mass is 9.82. The molecule has 15 nitrogen and oxygen atoms in total. The first-order valence-corrected chi connectivity index (χ1v) is 20.8. The number of nitrogens with one attached hydrogen (secondary N) is 1. The maximum Gasteiger partial charge on any atom is 0.196 e. The number of carbonyl (C=O) groups excluding carboxylic acids is 1. The van der Waals surface area contributed by atoms with Crippen molar-refractivity contribution in [2.45, 2.75) is 83.5 Å². The summed E-state index contributed by atoms with van der Waals surface area (Å²) in [5, 5.41) is 28.9. The van der Waals surface area contributed by atoms with Crippen LogP contribution in [0.25, 0.3) is 33.3 Å². The van der Waals surface area contributed by atoms with Crippen molar-refractivity contribution in [3.63, 3.8) is 0 Å². The van der Waals surface area contributed by atoms with Crippen LogP contribution in [0, 0.1) is 33.6 Å². The van der Waals surface area contributed by atoms with Crippen LogP contribution < -0.4 is 0 Å². The molecule has 2 N–H and O–H groups in total. The summed E-state index contributed by atoms with van der Waals surface area (Å²) in [7, 11) is 0. The fourth-order valence-electron chi connectivity index (χ4n) is 8.76. The van der Waals surface area contributed by atoms with Crippen LogP contribution in [0.2, 0.25) is 0 Å². The maximum atomic E-state index is 13.2. The van der Waals surface area contributed by atoms with Gasteiger partial charge in [-0.1, -0.05) is 10.3 Å². The summed E-state index contributed by atoms with van der Waals surface area (Å²) >= 11 is 0. The molecule has 2 saturated heterocycles. The van der Waals surface area contributed by atoms with Gasteiger partial charge in [-0.2, -0.15) is 10.2 Å².